The molecule has 0 spiro atoms. The van der Waals surface area contributed by atoms with Crippen LogP contribution in [-0.2, 0) is 10.9 Å². The number of ether oxygens (including phenoxy) is 2. The Balaban J connectivity index is 2.36. The number of guanidine groups is 1. The minimum Gasteiger partial charge on any atom is -0.491 e. The summed E-state index contributed by atoms with van der Waals surface area (Å²) in [5.41, 5.74) is -0.743. The van der Waals surface area contributed by atoms with Crippen molar-refractivity contribution in [1.29, 1.82) is 0 Å². The van der Waals surface area contributed by atoms with Crippen LogP contribution in [0.15, 0.2) is 29.3 Å². The quantitative estimate of drug-likeness (QED) is 0.283. The molecule has 0 saturated carbocycles. The zero-order valence-electron chi connectivity index (χ0n) is 16.4. The lowest BCUT2D eigenvalue weighted by Crippen LogP contribution is -2.38. The summed E-state index contributed by atoms with van der Waals surface area (Å²) in [4.78, 5) is 4.29. The van der Waals surface area contributed by atoms with Crippen LogP contribution >= 0.6 is 0 Å². The number of hydrogen-bond acceptors (Lipinski definition) is 4. The number of aliphatic imine (C=N–C) groups is 1. The summed E-state index contributed by atoms with van der Waals surface area (Å²) in [6, 6.07) is 4.34. The van der Waals surface area contributed by atoms with Gasteiger partial charge in [-0.15, -0.1) is 0 Å². The van der Waals surface area contributed by atoms with Crippen LogP contribution in [0.2, 0.25) is 0 Å². The summed E-state index contributed by atoms with van der Waals surface area (Å²) < 4.78 is 48.2. The van der Waals surface area contributed by atoms with Gasteiger partial charge in [0, 0.05) is 26.3 Å². The van der Waals surface area contributed by atoms with Gasteiger partial charge in [-0.25, -0.2) is 0 Å². The molecule has 6 nitrogen and oxygen atoms in total. The Morgan fingerprint density at radius 1 is 1.14 bits per heavy atom. The van der Waals surface area contributed by atoms with Gasteiger partial charge >= 0.3 is 6.18 Å². The third-order valence-corrected chi connectivity index (χ3v) is 3.64. The van der Waals surface area contributed by atoms with E-state index in [-0.39, 0.29) is 18.9 Å². The van der Waals surface area contributed by atoms with Crippen molar-refractivity contribution in [2.45, 2.75) is 39.0 Å². The highest BCUT2D eigenvalue weighted by Gasteiger charge is 2.30. The minimum atomic E-state index is -4.38. The van der Waals surface area contributed by atoms with E-state index in [4.69, 9.17) is 9.47 Å². The number of nitrogens with one attached hydrogen (secondary N) is 2. The monoisotopic (exact) mass is 405 g/mol. The van der Waals surface area contributed by atoms with Gasteiger partial charge in [0.25, 0.3) is 0 Å². The highest BCUT2D eigenvalue weighted by molar-refractivity contribution is 5.79. The molecule has 0 fully saturated rings. The van der Waals surface area contributed by atoms with E-state index in [0.29, 0.717) is 19.1 Å². The zero-order valence-corrected chi connectivity index (χ0v) is 16.4. The van der Waals surface area contributed by atoms with Gasteiger partial charge in [-0.05, 0) is 51.0 Å². The van der Waals surface area contributed by atoms with Gasteiger partial charge in [0.15, 0.2) is 5.96 Å². The molecular weight excluding hydrogens is 375 g/mol. The molecule has 0 aliphatic heterocycles. The Bertz CT molecular complexity index is 566. The number of benzene rings is 1. The molecule has 1 atom stereocenters. The Hall–Kier alpha value is -2.00. The van der Waals surface area contributed by atoms with Crippen LogP contribution < -0.4 is 15.4 Å². The van der Waals surface area contributed by atoms with Gasteiger partial charge in [0.1, 0.15) is 18.5 Å². The normalized spacial score (nSPS) is 13.3. The molecule has 1 rings (SSSR count). The van der Waals surface area contributed by atoms with Crippen molar-refractivity contribution >= 4 is 5.96 Å². The maximum Gasteiger partial charge on any atom is 0.416 e. The predicted octanol–water partition coefficient (Wildman–Crippen LogP) is 2.82. The fraction of sp³-hybridized carbons (Fsp3) is 0.632. The molecule has 0 aromatic heterocycles. The zero-order chi connectivity index (χ0) is 20.8. The molecule has 0 aliphatic carbocycles. The first-order valence-corrected chi connectivity index (χ1v) is 9.44. The molecule has 0 heterocycles. The van der Waals surface area contributed by atoms with E-state index in [1.807, 2.05) is 13.8 Å². The molecule has 0 bridgehead atoms. The largest absolute Gasteiger partial charge is 0.491 e. The molecular formula is C19H30F3N3O3. The molecule has 0 saturated heterocycles. The van der Waals surface area contributed by atoms with Crippen LogP contribution in [0.3, 0.4) is 0 Å². The maximum absolute atomic E-state index is 12.5. The summed E-state index contributed by atoms with van der Waals surface area (Å²) in [5, 5.41) is 16.3. The Morgan fingerprint density at radius 2 is 1.86 bits per heavy atom. The molecule has 1 aromatic rings. The third-order valence-electron chi connectivity index (χ3n) is 3.64. The lowest BCUT2D eigenvalue weighted by atomic mass is 10.2. The molecule has 28 heavy (non-hydrogen) atoms. The van der Waals surface area contributed by atoms with Crippen molar-refractivity contribution in [3.05, 3.63) is 29.8 Å². The first-order valence-electron chi connectivity index (χ1n) is 9.44. The molecule has 1 unspecified atom stereocenters. The molecule has 0 radical (unpaired) electrons. The predicted molar refractivity (Wildman–Crippen MR) is 103 cm³/mol. The Labute approximate surface area is 164 Å². The summed E-state index contributed by atoms with van der Waals surface area (Å²) in [5.74, 6) is 0.850. The second-order valence-electron chi connectivity index (χ2n) is 6.04. The first kappa shape index (κ1) is 24.0. The minimum absolute atomic E-state index is 0.0668. The summed E-state index contributed by atoms with van der Waals surface area (Å²) in [7, 11) is 0. The van der Waals surface area contributed by atoms with Crippen LogP contribution in [0.4, 0.5) is 13.2 Å². The fourth-order valence-corrected chi connectivity index (χ4v) is 2.20. The summed E-state index contributed by atoms with van der Waals surface area (Å²) >= 11 is 0. The number of rotatable bonds is 12. The fourth-order valence-electron chi connectivity index (χ4n) is 2.20. The second-order valence-corrected chi connectivity index (χ2v) is 6.04. The SMILES string of the molecule is CCNC(=NCC(O)COc1ccc(C(F)(F)F)cc1)NCCCCOCC. The van der Waals surface area contributed by atoms with E-state index in [2.05, 4.69) is 15.6 Å². The van der Waals surface area contributed by atoms with Crippen molar-refractivity contribution in [1.82, 2.24) is 10.6 Å². The highest BCUT2D eigenvalue weighted by Crippen LogP contribution is 2.30. The maximum atomic E-state index is 12.5. The highest BCUT2D eigenvalue weighted by atomic mass is 19.4. The van der Waals surface area contributed by atoms with Crippen LogP contribution in [0.1, 0.15) is 32.3 Å². The van der Waals surface area contributed by atoms with E-state index in [9.17, 15) is 18.3 Å². The molecule has 9 heteroatoms. The topological polar surface area (TPSA) is 75.1 Å². The number of unbranched alkanes of at least 4 members (excludes halogenated alkanes) is 1. The molecule has 1 aromatic carbocycles. The lowest BCUT2D eigenvalue weighted by Gasteiger charge is -2.14. The number of aliphatic hydroxyl groups excluding tert-OH is 1. The lowest BCUT2D eigenvalue weighted by molar-refractivity contribution is -0.137. The standard InChI is InChI=1S/C19H30F3N3O3/c1-3-23-18(24-11-5-6-12-27-4-2)25-13-16(26)14-28-17-9-7-15(8-10-17)19(20,21)22/h7-10,16,26H,3-6,11-14H2,1-2H3,(H2,23,24,25). The molecule has 0 amide bonds. The second kappa shape index (κ2) is 13.2. The van der Waals surface area contributed by atoms with E-state index in [0.717, 1.165) is 38.1 Å². The molecule has 3 N–H and O–H groups in total. The average molecular weight is 405 g/mol. The van der Waals surface area contributed by atoms with Crippen LogP contribution in [0.5, 0.6) is 5.75 Å². The van der Waals surface area contributed by atoms with E-state index >= 15 is 0 Å². The number of hydrogen-bond donors (Lipinski definition) is 3. The van der Waals surface area contributed by atoms with Gasteiger partial charge in [-0.3, -0.25) is 4.99 Å². The Morgan fingerprint density at radius 3 is 2.46 bits per heavy atom. The average Bonchev–Trinajstić information content (AvgIpc) is 2.66. The first-order chi connectivity index (χ1) is 13.4. The van der Waals surface area contributed by atoms with Gasteiger partial charge in [0.2, 0.25) is 0 Å². The number of halogens is 3. The van der Waals surface area contributed by atoms with Crippen molar-refractivity contribution in [3.63, 3.8) is 0 Å². The van der Waals surface area contributed by atoms with Crippen LogP contribution in [0, 0.1) is 0 Å². The number of alkyl halides is 3. The van der Waals surface area contributed by atoms with Crippen molar-refractivity contribution < 1.29 is 27.8 Å². The molecule has 0 aliphatic rings. The summed E-state index contributed by atoms with van der Waals surface area (Å²) in [6.45, 7) is 6.80. The number of aliphatic hydroxyl groups is 1. The van der Waals surface area contributed by atoms with Gasteiger partial charge in [0.05, 0.1) is 12.1 Å². The van der Waals surface area contributed by atoms with Crippen LogP contribution in [-0.4, -0.2) is 56.6 Å². The Kier molecular flexibility index (Phi) is 11.4. The van der Waals surface area contributed by atoms with E-state index in [1.165, 1.54) is 12.1 Å². The smallest absolute Gasteiger partial charge is 0.416 e. The molecule has 160 valence electrons. The van der Waals surface area contributed by atoms with E-state index in [1.54, 1.807) is 0 Å². The summed E-state index contributed by atoms with van der Waals surface area (Å²) in [6.07, 6.45) is -3.38. The van der Waals surface area contributed by atoms with Gasteiger partial charge in [-0.1, -0.05) is 0 Å². The van der Waals surface area contributed by atoms with Crippen molar-refractivity contribution in [3.8, 4) is 5.75 Å². The van der Waals surface area contributed by atoms with Gasteiger partial charge < -0.3 is 25.2 Å². The van der Waals surface area contributed by atoms with E-state index < -0.39 is 17.8 Å². The van der Waals surface area contributed by atoms with Crippen molar-refractivity contribution in [2.75, 3.05) is 39.5 Å². The van der Waals surface area contributed by atoms with Crippen molar-refractivity contribution in [2.24, 2.45) is 4.99 Å². The van der Waals surface area contributed by atoms with Crippen LogP contribution in [0.25, 0.3) is 0 Å². The van der Waals surface area contributed by atoms with Gasteiger partial charge in [-0.2, -0.15) is 13.2 Å². The third kappa shape index (κ3) is 10.4. The number of nitrogens with zero attached hydrogens (tertiary/aromatic N) is 1.